The van der Waals surface area contributed by atoms with E-state index in [0.717, 1.165) is 60.2 Å². The van der Waals surface area contributed by atoms with E-state index in [9.17, 15) is 28.2 Å². The number of piperidine rings is 1. The van der Waals surface area contributed by atoms with Gasteiger partial charge in [0.2, 0.25) is 0 Å². The summed E-state index contributed by atoms with van der Waals surface area (Å²) in [7, 11) is 0. The van der Waals surface area contributed by atoms with Gasteiger partial charge in [-0.15, -0.1) is 0 Å². The maximum absolute atomic E-state index is 11.8. The number of nitrogens with one attached hydrogen (secondary N) is 1. The number of aliphatic carboxylic acids is 1. The van der Waals surface area contributed by atoms with Gasteiger partial charge >= 0.3 is 18.1 Å². The average Bonchev–Trinajstić information content (AvgIpc) is 3.29. The molecule has 1 aliphatic heterocycles. The Kier molecular flexibility index (Phi) is 8.55. The van der Waals surface area contributed by atoms with Crippen LogP contribution in [-0.2, 0) is 11.3 Å². The first-order valence-corrected chi connectivity index (χ1v) is 12.5. The summed E-state index contributed by atoms with van der Waals surface area (Å²) < 4.78 is 31.7. The molecule has 210 valence electrons. The summed E-state index contributed by atoms with van der Waals surface area (Å²) in [5, 5.41) is 26.5. The van der Waals surface area contributed by atoms with Crippen molar-refractivity contribution in [3.05, 3.63) is 77.6 Å². The molecule has 0 atom stereocenters. The van der Waals surface area contributed by atoms with E-state index in [1.807, 2.05) is 25.1 Å². The minimum atomic E-state index is -5.08. The van der Waals surface area contributed by atoms with E-state index in [-0.39, 0.29) is 11.7 Å². The number of carboxylic acid groups (broad SMARTS) is 2. The second kappa shape index (κ2) is 11.9. The fraction of sp³-hybridized carbons (Fsp3) is 0.276. The SMILES string of the molecule is Cc1nc2c(C(=O)O)cc(-c3ccc(-c4cccc(CN5CCC(O)CC5)c4)cc3)cc2[nH]1.O=C(O)C(F)(F)F. The van der Waals surface area contributed by atoms with Crippen molar-refractivity contribution in [2.75, 3.05) is 13.1 Å². The molecule has 0 bridgehead atoms. The third kappa shape index (κ3) is 7.04. The number of carboxylic acids is 2. The zero-order valence-electron chi connectivity index (χ0n) is 21.6. The van der Waals surface area contributed by atoms with Crippen LogP contribution in [0.1, 0.15) is 34.6 Å². The van der Waals surface area contributed by atoms with Gasteiger partial charge in [-0.05, 0) is 65.8 Å². The monoisotopic (exact) mass is 555 g/mol. The number of fused-ring (bicyclic) bond motifs is 1. The number of aryl methyl sites for hydroxylation is 1. The van der Waals surface area contributed by atoms with Crippen molar-refractivity contribution in [3.63, 3.8) is 0 Å². The molecule has 4 N–H and O–H groups in total. The highest BCUT2D eigenvalue weighted by atomic mass is 19.4. The number of aliphatic hydroxyl groups is 1. The summed E-state index contributed by atoms with van der Waals surface area (Å²) in [5.41, 5.74) is 6.75. The number of hydrogen-bond acceptors (Lipinski definition) is 5. The first-order chi connectivity index (χ1) is 18.9. The maximum Gasteiger partial charge on any atom is 0.490 e. The maximum atomic E-state index is 11.8. The molecule has 2 heterocycles. The number of hydrogen-bond donors (Lipinski definition) is 4. The predicted molar refractivity (Wildman–Crippen MR) is 143 cm³/mol. The first-order valence-electron chi connectivity index (χ1n) is 12.5. The van der Waals surface area contributed by atoms with E-state index < -0.39 is 18.1 Å². The summed E-state index contributed by atoms with van der Waals surface area (Å²) in [6, 6.07) is 20.4. The largest absolute Gasteiger partial charge is 0.490 e. The Morgan fingerprint density at radius 1 is 0.950 bits per heavy atom. The van der Waals surface area contributed by atoms with E-state index in [4.69, 9.17) is 9.90 Å². The summed E-state index contributed by atoms with van der Waals surface area (Å²) in [4.78, 5) is 30.5. The number of H-pyrrole nitrogens is 1. The topological polar surface area (TPSA) is 127 Å². The Morgan fingerprint density at radius 2 is 1.55 bits per heavy atom. The minimum Gasteiger partial charge on any atom is -0.478 e. The van der Waals surface area contributed by atoms with Gasteiger partial charge in [-0.3, -0.25) is 4.90 Å². The Hall–Kier alpha value is -4.22. The molecule has 5 rings (SSSR count). The van der Waals surface area contributed by atoms with E-state index in [1.165, 1.54) is 5.56 Å². The first kappa shape index (κ1) is 28.8. The summed E-state index contributed by atoms with van der Waals surface area (Å²) >= 11 is 0. The molecule has 1 aromatic heterocycles. The van der Waals surface area contributed by atoms with Crippen LogP contribution >= 0.6 is 0 Å². The van der Waals surface area contributed by atoms with Crippen LogP contribution in [0.5, 0.6) is 0 Å². The van der Waals surface area contributed by atoms with Crippen LogP contribution in [0.25, 0.3) is 33.3 Å². The summed E-state index contributed by atoms with van der Waals surface area (Å²) in [6.07, 6.45) is -3.56. The number of carbonyl (C=O) groups is 2. The quantitative estimate of drug-likeness (QED) is 0.256. The number of aliphatic hydroxyl groups excluding tert-OH is 1. The minimum absolute atomic E-state index is 0.157. The third-order valence-electron chi connectivity index (χ3n) is 6.62. The molecule has 0 unspecified atom stereocenters. The number of benzene rings is 3. The fourth-order valence-electron chi connectivity index (χ4n) is 4.61. The van der Waals surface area contributed by atoms with E-state index >= 15 is 0 Å². The van der Waals surface area contributed by atoms with Gasteiger partial charge in [0, 0.05) is 19.6 Å². The molecule has 40 heavy (non-hydrogen) atoms. The van der Waals surface area contributed by atoms with Crippen molar-refractivity contribution in [2.45, 2.75) is 38.6 Å². The van der Waals surface area contributed by atoms with E-state index in [0.29, 0.717) is 11.3 Å². The molecule has 1 aliphatic rings. The van der Waals surface area contributed by atoms with Crippen LogP contribution in [0.15, 0.2) is 60.7 Å². The van der Waals surface area contributed by atoms with Gasteiger partial charge in [0.25, 0.3) is 0 Å². The molecule has 1 fully saturated rings. The smallest absolute Gasteiger partial charge is 0.478 e. The van der Waals surface area contributed by atoms with E-state index in [1.54, 1.807) is 6.07 Å². The van der Waals surface area contributed by atoms with Gasteiger partial charge in [-0.2, -0.15) is 13.2 Å². The number of nitrogens with zero attached hydrogens (tertiary/aromatic N) is 2. The number of halogens is 3. The van der Waals surface area contributed by atoms with Gasteiger partial charge in [0.15, 0.2) is 0 Å². The van der Waals surface area contributed by atoms with Crippen LogP contribution in [0.2, 0.25) is 0 Å². The van der Waals surface area contributed by atoms with Crippen molar-refractivity contribution in [3.8, 4) is 22.3 Å². The summed E-state index contributed by atoms with van der Waals surface area (Å²) in [6.45, 7) is 4.57. The number of likely N-dealkylation sites (tertiary alicyclic amines) is 1. The average molecular weight is 556 g/mol. The number of aromatic amines is 1. The van der Waals surface area contributed by atoms with E-state index in [2.05, 4.69) is 51.3 Å². The number of aromatic carboxylic acids is 1. The standard InChI is InChI=1S/C27H27N3O3.C2HF3O2/c1-17-28-25-15-22(14-24(27(32)33)26(25)29-17)20-7-5-19(6-8-20)21-4-2-3-18(13-21)16-30-11-9-23(31)10-12-30;3-2(4,5)1(6)7/h2-8,13-15,23,31H,9-12,16H2,1H3,(H,28,29)(H,32,33);(H,6,7). The van der Waals surface area contributed by atoms with Crippen LogP contribution < -0.4 is 0 Å². The van der Waals surface area contributed by atoms with Crippen LogP contribution in [0.4, 0.5) is 13.2 Å². The van der Waals surface area contributed by atoms with Gasteiger partial charge in [0.05, 0.1) is 17.2 Å². The van der Waals surface area contributed by atoms with Crippen molar-refractivity contribution in [1.82, 2.24) is 14.9 Å². The second-order valence-electron chi connectivity index (χ2n) is 9.64. The Morgan fingerprint density at radius 3 is 2.12 bits per heavy atom. The second-order valence-corrected chi connectivity index (χ2v) is 9.64. The molecular weight excluding hydrogens is 527 g/mol. The lowest BCUT2D eigenvalue weighted by atomic mass is 9.97. The molecule has 0 saturated carbocycles. The Bertz CT molecular complexity index is 1510. The molecule has 3 aromatic carbocycles. The highest BCUT2D eigenvalue weighted by Gasteiger charge is 2.38. The van der Waals surface area contributed by atoms with Gasteiger partial charge < -0.3 is 20.3 Å². The van der Waals surface area contributed by atoms with Crippen molar-refractivity contribution in [2.24, 2.45) is 0 Å². The number of aromatic nitrogens is 2. The molecule has 1 saturated heterocycles. The highest BCUT2D eigenvalue weighted by Crippen LogP contribution is 2.30. The molecule has 0 amide bonds. The molecular formula is C29H28F3N3O5. The van der Waals surface area contributed by atoms with Crippen molar-refractivity contribution < 1.29 is 38.1 Å². The fourth-order valence-corrected chi connectivity index (χ4v) is 4.61. The van der Waals surface area contributed by atoms with Crippen LogP contribution in [-0.4, -0.2) is 67.5 Å². The zero-order valence-corrected chi connectivity index (χ0v) is 21.6. The highest BCUT2D eigenvalue weighted by molar-refractivity contribution is 6.03. The lowest BCUT2D eigenvalue weighted by Gasteiger charge is -2.29. The number of imidazole rings is 1. The molecule has 11 heteroatoms. The van der Waals surface area contributed by atoms with Gasteiger partial charge in [-0.25, -0.2) is 14.6 Å². The third-order valence-corrected chi connectivity index (χ3v) is 6.62. The lowest BCUT2D eigenvalue weighted by molar-refractivity contribution is -0.192. The number of alkyl halides is 3. The molecule has 4 aromatic rings. The lowest BCUT2D eigenvalue weighted by Crippen LogP contribution is -2.35. The van der Waals surface area contributed by atoms with Crippen molar-refractivity contribution >= 4 is 23.0 Å². The number of rotatable bonds is 5. The molecule has 0 spiro atoms. The Labute approximate surface area is 227 Å². The van der Waals surface area contributed by atoms with Crippen LogP contribution in [0.3, 0.4) is 0 Å². The molecule has 8 nitrogen and oxygen atoms in total. The summed E-state index contributed by atoms with van der Waals surface area (Å²) in [5.74, 6) is -3.04. The Balaban J connectivity index is 0.000000470. The molecule has 0 radical (unpaired) electrons. The van der Waals surface area contributed by atoms with Crippen molar-refractivity contribution in [1.29, 1.82) is 0 Å². The zero-order chi connectivity index (χ0) is 29.0. The van der Waals surface area contributed by atoms with Gasteiger partial charge in [-0.1, -0.05) is 42.5 Å². The molecule has 0 aliphatic carbocycles. The predicted octanol–water partition coefficient (Wildman–Crippen LogP) is 5.49. The van der Waals surface area contributed by atoms with Crippen LogP contribution in [0, 0.1) is 6.92 Å². The van der Waals surface area contributed by atoms with Gasteiger partial charge in [0.1, 0.15) is 11.3 Å². The normalized spacial score (nSPS) is 14.5.